The molecule has 2 aromatic carbocycles. The van der Waals surface area contributed by atoms with Gasteiger partial charge in [0.15, 0.2) is 4.34 Å². The van der Waals surface area contributed by atoms with Crippen molar-refractivity contribution in [3.8, 4) is 11.5 Å². The highest BCUT2D eigenvalue weighted by atomic mass is 32.2. The van der Waals surface area contributed by atoms with E-state index >= 15 is 0 Å². The van der Waals surface area contributed by atoms with Crippen LogP contribution >= 0.6 is 23.1 Å². The molecular formula is C19H17N5OS2. The number of nitrogens with one attached hydrogen (secondary N) is 1. The average molecular weight is 396 g/mol. The first-order chi connectivity index (χ1) is 13.2. The van der Waals surface area contributed by atoms with E-state index in [1.165, 1.54) is 11.3 Å². The van der Waals surface area contributed by atoms with Gasteiger partial charge in [-0.15, -0.1) is 20.4 Å². The molecule has 0 aliphatic carbocycles. The summed E-state index contributed by atoms with van der Waals surface area (Å²) in [6.07, 6.45) is 0. The first-order valence-corrected chi connectivity index (χ1v) is 10.1. The smallest absolute Gasteiger partial charge is 0.247 e. The number of nitrogens with zero attached hydrogens (tertiary/aromatic N) is 4. The van der Waals surface area contributed by atoms with Crippen LogP contribution in [0.4, 0.5) is 10.8 Å². The van der Waals surface area contributed by atoms with Gasteiger partial charge in [-0.1, -0.05) is 59.5 Å². The molecule has 0 saturated heterocycles. The molecule has 0 saturated carbocycles. The molecule has 4 aromatic rings. The van der Waals surface area contributed by atoms with Crippen LogP contribution < -0.4 is 5.32 Å². The first-order valence-electron chi connectivity index (χ1n) is 8.40. The minimum Gasteiger partial charge on any atom is -0.419 e. The van der Waals surface area contributed by atoms with Crippen molar-refractivity contribution in [2.75, 3.05) is 5.32 Å². The van der Waals surface area contributed by atoms with Crippen LogP contribution in [-0.4, -0.2) is 20.4 Å². The summed E-state index contributed by atoms with van der Waals surface area (Å²) in [4.78, 5) is 0. The molecule has 0 aliphatic rings. The number of benzene rings is 2. The van der Waals surface area contributed by atoms with Crippen molar-refractivity contribution >= 4 is 33.9 Å². The van der Waals surface area contributed by atoms with Crippen molar-refractivity contribution in [1.29, 1.82) is 0 Å². The zero-order chi connectivity index (χ0) is 18.6. The van der Waals surface area contributed by atoms with E-state index in [-0.39, 0.29) is 5.25 Å². The van der Waals surface area contributed by atoms with Gasteiger partial charge in [0, 0.05) is 11.3 Å². The van der Waals surface area contributed by atoms with Crippen LogP contribution in [0.2, 0.25) is 0 Å². The van der Waals surface area contributed by atoms with Crippen LogP contribution in [0.25, 0.3) is 11.5 Å². The lowest BCUT2D eigenvalue weighted by molar-refractivity contribution is 0.509. The number of anilines is 2. The van der Waals surface area contributed by atoms with Crippen molar-refractivity contribution < 1.29 is 4.42 Å². The Morgan fingerprint density at radius 1 is 0.963 bits per heavy atom. The predicted molar refractivity (Wildman–Crippen MR) is 108 cm³/mol. The van der Waals surface area contributed by atoms with E-state index in [1.807, 2.05) is 55.5 Å². The van der Waals surface area contributed by atoms with Crippen LogP contribution in [0.5, 0.6) is 0 Å². The Labute approximate surface area is 165 Å². The van der Waals surface area contributed by atoms with Crippen LogP contribution in [0.1, 0.15) is 23.6 Å². The third-order valence-electron chi connectivity index (χ3n) is 3.88. The second-order valence-corrected chi connectivity index (χ2v) is 8.45. The number of hydrogen-bond acceptors (Lipinski definition) is 8. The Bertz CT molecular complexity index is 1030. The van der Waals surface area contributed by atoms with E-state index in [9.17, 15) is 0 Å². The number of rotatable bonds is 6. The highest BCUT2D eigenvalue weighted by Gasteiger charge is 2.18. The van der Waals surface area contributed by atoms with E-state index in [4.69, 9.17) is 4.42 Å². The highest BCUT2D eigenvalue weighted by molar-refractivity contribution is 8.01. The van der Waals surface area contributed by atoms with Crippen molar-refractivity contribution in [2.45, 2.75) is 23.4 Å². The molecule has 4 rings (SSSR count). The quantitative estimate of drug-likeness (QED) is 0.432. The topological polar surface area (TPSA) is 76.7 Å². The maximum absolute atomic E-state index is 5.82. The van der Waals surface area contributed by atoms with Gasteiger partial charge in [0.25, 0.3) is 0 Å². The fourth-order valence-corrected chi connectivity index (χ4v) is 4.37. The number of aryl methyl sites for hydroxylation is 1. The molecule has 0 radical (unpaired) electrons. The SMILES string of the molecule is Cc1ccccc1Nc1nnc(S[C@H](C)c2nnc(-c3ccccc3)o2)s1. The second kappa shape index (κ2) is 7.89. The number of aromatic nitrogens is 4. The summed E-state index contributed by atoms with van der Waals surface area (Å²) in [5, 5.41) is 20.8. The first kappa shape index (κ1) is 17.7. The van der Waals surface area contributed by atoms with Crippen molar-refractivity contribution in [3.63, 3.8) is 0 Å². The lowest BCUT2D eigenvalue weighted by atomic mass is 10.2. The minimum absolute atomic E-state index is 0.0192. The Hall–Kier alpha value is -2.71. The fraction of sp³-hybridized carbons (Fsp3) is 0.158. The molecule has 0 bridgehead atoms. The van der Waals surface area contributed by atoms with E-state index in [1.54, 1.807) is 11.8 Å². The molecule has 0 unspecified atom stereocenters. The Balaban J connectivity index is 1.43. The van der Waals surface area contributed by atoms with Crippen molar-refractivity contribution in [2.24, 2.45) is 0 Å². The molecule has 2 heterocycles. The summed E-state index contributed by atoms with van der Waals surface area (Å²) >= 11 is 3.05. The lowest BCUT2D eigenvalue weighted by Crippen LogP contribution is -1.91. The molecule has 0 amide bonds. The van der Waals surface area contributed by atoms with Gasteiger partial charge in [-0.3, -0.25) is 0 Å². The molecule has 6 nitrogen and oxygen atoms in total. The van der Waals surface area contributed by atoms with Crippen LogP contribution in [0.3, 0.4) is 0 Å². The van der Waals surface area contributed by atoms with Crippen molar-refractivity contribution in [3.05, 3.63) is 66.1 Å². The molecule has 0 fully saturated rings. The van der Waals surface area contributed by atoms with Gasteiger partial charge in [0.05, 0.1) is 5.25 Å². The van der Waals surface area contributed by atoms with Gasteiger partial charge >= 0.3 is 0 Å². The van der Waals surface area contributed by atoms with Gasteiger partial charge in [0.1, 0.15) is 0 Å². The molecular weight excluding hydrogens is 378 g/mol. The van der Waals surface area contributed by atoms with Crippen LogP contribution in [0, 0.1) is 6.92 Å². The summed E-state index contributed by atoms with van der Waals surface area (Å²) in [5.74, 6) is 1.10. The fourth-order valence-electron chi connectivity index (χ4n) is 2.43. The Kier molecular flexibility index (Phi) is 5.17. The van der Waals surface area contributed by atoms with E-state index in [0.29, 0.717) is 11.8 Å². The van der Waals surface area contributed by atoms with Crippen LogP contribution in [0.15, 0.2) is 63.4 Å². The van der Waals surface area contributed by atoms with Gasteiger partial charge in [0.2, 0.25) is 16.9 Å². The summed E-state index contributed by atoms with van der Waals surface area (Å²) in [7, 11) is 0. The molecule has 27 heavy (non-hydrogen) atoms. The molecule has 1 atom stereocenters. The highest BCUT2D eigenvalue weighted by Crippen LogP contribution is 2.38. The zero-order valence-electron chi connectivity index (χ0n) is 14.8. The predicted octanol–water partition coefficient (Wildman–Crippen LogP) is 5.49. The van der Waals surface area contributed by atoms with Crippen molar-refractivity contribution in [1.82, 2.24) is 20.4 Å². The number of hydrogen-bond donors (Lipinski definition) is 1. The number of thioether (sulfide) groups is 1. The molecule has 8 heteroatoms. The average Bonchev–Trinajstić information content (AvgIpc) is 3.34. The van der Waals surface area contributed by atoms with Gasteiger partial charge in [-0.25, -0.2) is 0 Å². The minimum atomic E-state index is -0.0192. The van der Waals surface area contributed by atoms with Crippen LogP contribution in [-0.2, 0) is 0 Å². The molecule has 0 spiro atoms. The standard InChI is InChI=1S/C19H17N5OS2/c1-12-8-6-7-11-15(12)20-18-23-24-19(27-18)26-13(2)16-21-22-17(25-16)14-9-4-3-5-10-14/h3-11,13H,1-2H3,(H,20,23)/t13-/m1/s1. The maximum atomic E-state index is 5.82. The van der Waals surface area contributed by atoms with E-state index < -0.39 is 0 Å². The molecule has 2 aromatic heterocycles. The zero-order valence-corrected chi connectivity index (χ0v) is 16.4. The largest absolute Gasteiger partial charge is 0.419 e. The third-order valence-corrected chi connectivity index (χ3v) is 5.89. The summed E-state index contributed by atoms with van der Waals surface area (Å²) in [6.45, 7) is 4.07. The summed E-state index contributed by atoms with van der Waals surface area (Å²) in [6, 6.07) is 17.8. The Morgan fingerprint density at radius 2 is 1.74 bits per heavy atom. The molecule has 0 aliphatic heterocycles. The van der Waals surface area contributed by atoms with Gasteiger partial charge < -0.3 is 9.73 Å². The van der Waals surface area contributed by atoms with Gasteiger partial charge in [-0.2, -0.15) is 0 Å². The molecule has 136 valence electrons. The number of para-hydroxylation sites is 1. The normalized spacial score (nSPS) is 12.1. The Morgan fingerprint density at radius 3 is 2.56 bits per heavy atom. The maximum Gasteiger partial charge on any atom is 0.247 e. The summed E-state index contributed by atoms with van der Waals surface area (Å²) in [5.41, 5.74) is 3.10. The second-order valence-electron chi connectivity index (χ2n) is 5.88. The molecule has 1 N–H and O–H groups in total. The van der Waals surface area contributed by atoms with Gasteiger partial charge in [-0.05, 0) is 37.6 Å². The van der Waals surface area contributed by atoms with E-state index in [0.717, 1.165) is 26.3 Å². The summed E-state index contributed by atoms with van der Waals surface area (Å²) < 4.78 is 6.67. The van der Waals surface area contributed by atoms with E-state index in [2.05, 4.69) is 38.7 Å². The monoisotopic (exact) mass is 395 g/mol. The lowest BCUT2D eigenvalue weighted by Gasteiger charge is -2.04. The third kappa shape index (κ3) is 4.17.